The summed E-state index contributed by atoms with van der Waals surface area (Å²) in [7, 11) is 0. The van der Waals surface area contributed by atoms with Gasteiger partial charge in [-0.3, -0.25) is 9.59 Å². The third-order valence-corrected chi connectivity index (χ3v) is 4.50. The number of hydrogen-bond donors (Lipinski definition) is 0. The lowest BCUT2D eigenvalue weighted by atomic mass is 10.0. The molecule has 0 spiro atoms. The Bertz CT molecular complexity index is 607. The molecule has 1 aromatic carbocycles. The molecule has 0 bridgehead atoms. The first-order chi connectivity index (χ1) is 11.4. The van der Waals surface area contributed by atoms with Crippen LogP contribution in [-0.4, -0.2) is 23.8 Å². The number of Topliss-reactive ketones (excluding diaryl/α,β-unsaturated/α-hetero) is 1. The number of unbranched alkanes of at least 4 members (excludes halogenated alkanes) is 4. The minimum absolute atomic E-state index is 0.0356. The number of rotatable bonds is 8. The fourth-order valence-corrected chi connectivity index (χ4v) is 3.04. The van der Waals surface area contributed by atoms with E-state index in [1.54, 1.807) is 30.9 Å². The molecule has 0 aromatic heterocycles. The molecule has 1 aliphatic rings. The van der Waals surface area contributed by atoms with Crippen molar-refractivity contribution >= 4 is 17.4 Å². The number of fused-ring (bicyclic) bond motifs is 1. The smallest absolute Gasteiger partial charge is 0.270 e. The first-order valence-electron chi connectivity index (χ1n) is 9.09. The van der Waals surface area contributed by atoms with Gasteiger partial charge in [0.25, 0.3) is 5.91 Å². The van der Waals surface area contributed by atoms with Gasteiger partial charge in [0, 0.05) is 18.5 Å². The highest BCUT2D eigenvalue weighted by molar-refractivity contribution is 6.04. The fourth-order valence-electron chi connectivity index (χ4n) is 3.04. The molecule has 0 saturated carbocycles. The van der Waals surface area contributed by atoms with Crippen LogP contribution in [0, 0.1) is 0 Å². The van der Waals surface area contributed by atoms with Crippen molar-refractivity contribution in [2.75, 3.05) is 11.4 Å². The zero-order valence-corrected chi connectivity index (χ0v) is 15.4. The molecule has 1 aromatic rings. The van der Waals surface area contributed by atoms with Crippen LogP contribution in [0.5, 0.6) is 5.75 Å². The molecule has 0 atom stereocenters. The maximum atomic E-state index is 12.8. The number of nitrogens with zero attached hydrogens (tertiary/aromatic N) is 1. The van der Waals surface area contributed by atoms with Gasteiger partial charge in [-0.25, -0.2) is 0 Å². The Morgan fingerprint density at radius 3 is 2.50 bits per heavy atom. The van der Waals surface area contributed by atoms with Gasteiger partial charge in [-0.15, -0.1) is 0 Å². The molecule has 0 N–H and O–H groups in total. The van der Waals surface area contributed by atoms with Crippen LogP contribution >= 0.6 is 0 Å². The number of carbonyl (C=O) groups is 2. The third kappa shape index (κ3) is 3.97. The summed E-state index contributed by atoms with van der Waals surface area (Å²) in [5.74, 6) is 0.727. The molecule has 132 valence electrons. The van der Waals surface area contributed by atoms with Crippen LogP contribution in [0.2, 0.25) is 0 Å². The van der Waals surface area contributed by atoms with Crippen LogP contribution in [0.1, 0.15) is 76.6 Å². The van der Waals surface area contributed by atoms with Crippen LogP contribution in [0.3, 0.4) is 0 Å². The van der Waals surface area contributed by atoms with E-state index < -0.39 is 5.60 Å². The summed E-state index contributed by atoms with van der Waals surface area (Å²) in [6.07, 6.45) is 6.16. The van der Waals surface area contributed by atoms with E-state index in [0.29, 0.717) is 24.3 Å². The summed E-state index contributed by atoms with van der Waals surface area (Å²) >= 11 is 0. The predicted octanol–water partition coefficient (Wildman–Crippen LogP) is 4.75. The largest absolute Gasteiger partial charge is 0.476 e. The number of amides is 1. The summed E-state index contributed by atoms with van der Waals surface area (Å²) < 4.78 is 5.87. The Kier molecular flexibility index (Phi) is 6.03. The minimum atomic E-state index is -0.868. The Morgan fingerprint density at radius 2 is 1.83 bits per heavy atom. The summed E-state index contributed by atoms with van der Waals surface area (Å²) in [6, 6.07) is 5.41. The average Bonchev–Trinajstić information content (AvgIpc) is 2.56. The zero-order valence-electron chi connectivity index (χ0n) is 15.4. The highest BCUT2D eigenvalue weighted by atomic mass is 16.5. The molecule has 1 aliphatic heterocycles. The van der Waals surface area contributed by atoms with E-state index in [0.717, 1.165) is 18.5 Å². The highest BCUT2D eigenvalue weighted by Gasteiger charge is 2.40. The Balaban J connectivity index is 2.24. The fraction of sp³-hybridized carbons (Fsp3) is 0.600. The van der Waals surface area contributed by atoms with E-state index in [2.05, 4.69) is 6.92 Å². The monoisotopic (exact) mass is 331 g/mol. The minimum Gasteiger partial charge on any atom is -0.476 e. The lowest BCUT2D eigenvalue weighted by Gasteiger charge is -2.39. The highest BCUT2D eigenvalue weighted by Crippen LogP contribution is 2.38. The second-order valence-electron chi connectivity index (χ2n) is 6.94. The van der Waals surface area contributed by atoms with Crippen molar-refractivity contribution in [3.8, 4) is 5.75 Å². The molecular formula is C20H29NO3. The van der Waals surface area contributed by atoms with Crippen molar-refractivity contribution in [1.82, 2.24) is 0 Å². The number of ether oxygens (including phenoxy) is 1. The summed E-state index contributed by atoms with van der Waals surface area (Å²) in [4.78, 5) is 26.6. The number of ketones is 1. The maximum absolute atomic E-state index is 12.8. The van der Waals surface area contributed by atoms with Gasteiger partial charge in [-0.1, -0.05) is 39.5 Å². The summed E-state index contributed by atoms with van der Waals surface area (Å²) in [6.45, 7) is 8.31. The topological polar surface area (TPSA) is 46.6 Å². The SMILES string of the molecule is CCCCCCCN1C(=O)C(C)(C)Oc2ccc(C(=O)CC)cc21. The second kappa shape index (κ2) is 7.82. The Hall–Kier alpha value is -1.84. The first kappa shape index (κ1) is 18.5. The van der Waals surface area contributed by atoms with Gasteiger partial charge in [0.05, 0.1) is 5.69 Å². The molecule has 1 amide bonds. The number of carbonyl (C=O) groups excluding carboxylic acids is 2. The summed E-state index contributed by atoms with van der Waals surface area (Å²) in [5, 5.41) is 0. The van der Waals surface area contributed by atoms with Gasteiger partial charge in [0.1, 0.15) is 5.75 Å². The van der Waals surface area contributed by atoms with Crippen molar-refractivity contribution in [1.29, 1.82) is 0 Å². The van der Waals surface area contributed by atoms with Gasteiger partial charge >= 0.3 is 0 Å². The molecule has 24 heavy (non-hydrogen) atoms. The number of benzene rings is 1. The first-order valence-corrected chi connectivity index (χ1v) is 9.09. The van der Waals surface area contributed by atoms with Crippen molar-refractivity contribution in [3.05, 3.63) is 23.8 Å². The molecule has 4 heteroatoms. The summed E-state index contributed by atoms with van der Waals surface area (Å²) in [5.41, 5.74) is 0.504. The molecule has 0 radical (unpaired) electrons. The molecule has 0 fully saturated rings. The van der Waals surface area contributed by atoms with Gasteiger partial charge in [-0.05, 0) is 38.5 Å². The quantitative estimate of drug-likeness (QED) is 0.510. The normalized spacial score (nSPS) is 15.8. The lowest BCUT2D eigenvalue weighted by molar-refractivity contribution is -0.132. The van der Waals surface area contributed by atoms with Crippen molar-refractivity contribution in [2.24, 2.45) is 0 Å². The van der Waals surface area contributed by atoms with Crippen molar-refractivity contribution in [3.63, 3.8) is 0 Å². The van der Waals surface area contributed by atoms with Crippen LogP contribution in [0.4, 0.5) is 5.69 Å². The number of hydrogen-bond acceptors (Lipinski definition) is 3. The van der Waals surface area contributed by atoms with E-state index in [-0.39, 0.29) is 11.7 Å². The predicted molar refractivity (Wildman–Crippen MR) is 96.9 cm³/mol. The van der Waals surface area contributed by atoms with Crippen molar-refractivity contribution in [2.45, 2.75) is 71.8 Å². The van der Waals surface area contributed by atoms with Crippen LogP contribution in [-0.2, 0) is 4.79 Å². The van der Waals surface area contributed by atoms with Crippen LogP contribution in [0.25, 0.3) is 0 Å². The van der Waals surface area contributed by atoms with Gasteiger partial charge < -0.3 is 9.64 Å². The van der Waals surface area contributed by atoms with Crippen molar-refractivity contribution < 1.29 is 14.3 Å². The lowest BCUT2D eigenvalue weighted by Crippen LogP contribution is -2.52. The molecule has 0 aliphatic carbocycles. The van der Waals surface area contributed by atoms with E-state index in [1.807, 2.05) is 13.0 Å². The zero-order chi connectivity index (χ0) is 17.7. The van der Waals surface area contributed by atoms with Gasteiger partial charge in [0.2, 0.25) is 0 Å². The Morgan fingerprint density at radius 1 is 1.12 bits per heavy atom. The molecule has 4 nitrogen and oxygen atoms in total. The van der Waals surface area contributed by atoms with E-state index in [1.165, 1.54) is 19.3 Å². The van der Waals surface area contributed by atoms with Gasteiger partial charge in [-0.2, -0.15) is 0 Å². The van der Waals surface area contributed by atoms with E-state index >= 15 is 0 Å². The van der Waals surface area contributed by atoms with Crippen LogP contribution < -0.4 is 9.64 Å². The molecular weight excluding hydrogens is 302 g/mol. The van der Waals surface area contributed by atoms with Gasteiger partial charge in [0.15, 0.2) is 11.4 Å². The molecule has 0 saturated heterocycles. The molecule has 2 rings (SSSR count). The maximum Gasteiger partial charge on any atom is 0.270 e. The van der Waals surface area contributed by atoms with E-state index in [9.17, 15) is 9.59 Å². The average molecular weight is 331 g/mol. The number of anilines is 1. The third-order valence-electron chi connectivity index (χ3n) is 4.50. The second-order valence-corrected chi connectivity index (χ2v) is 6.94. The van der Waals surface area contributed by atoms with Crippen LogP contribution in [0.15, 0.2) is 18.2 Å². The molecule has 0 unspecified atom stereocenters. The Labute approximate surface area is 145 Å². The standard InChI is InChI=1S/C20H29NO3/c1-5-7-8-9-10-13-21-16-14-15(17(22)6-2)11-12-18(16)24-20(3,4)19(21)23/h11-12,14H,5-10,13H2,1-4H3. The molecule has 1 heterocycles. The van der Waals surface area contributed by atoms with E-state index in [4.69, 9.17) is 4.74 Å².